The molecular formula is C17H22N4. The van der Waals surface area contributed by atoms with Crippen molar-refractivity contribution in [2.75, 3.05) is 11.4 Å². The van der Waals surface area contributed by atoms with Crippen LogP contribution >= 0.6 is 0 Å². The Hall–Kier alpha value is -1.94. The molecule has 2 aromatic rings. The van der Waals surface area contributed by atoms with Gasteiger partial charge in [-0.25, -0.2) is 4.98 Å². The Morgan fingerprint density at radius 2 is 1.86 bits per heavy atom. The molecule has 1 N–H and O–H groups in total. The lowest BCUT2D eigenvalue weighted by atomic mass is 10.1. The highest BCUT2D eigenvalue weighted by Crippen LogP contribution is 2.26. The fourth-order valence-electron chi connectivity index (χ4n) is 2.62. The molecule has 1 aromatic carbocycles. The molecule has 0 aliphatic carbocycles. The molecule has 1 aliphatic heterocycles. The lowest BCUT2D eigenvalue weighted by molar-refractivity contribution is 0.547. The zero-order valence-electron chi connectivity index (χ0n) is 12.7. The van der Waals surface area contributed by atoms with Crippen LogP contribution in [0.1, 0.15) is 30.7 Å². The summed E-state index contributed by atoms with van der Waals surface area (Å²) in [6, 6.07) is 8.58. The number of rotatable bonds is 5. The van der Waals surface area contributed by atoms with Crippen LogP contribution in [0.2, 0.25) is 0 Å². The molecule has 0 amide bonds. The minimum atomic E-state index is 0.647. The lowest BCUT2D eigenvalue weighted by Crippen LogP contribution is -2.21. The predicted octanol–water partition coefficient (Wildman–Crippen LogP) is 2.74. The normalized spacial score (nSPS) is 13.8. The maximum Gasteiger partial charge on any atom is 0.148 e. The average Bonchev–Trinajstić information content (AvgIpc) is 2.91. The van der Waals surface area contributed by atoms with Gasteiger partial charge in [0.1, 0.15) is 5.82 Å². The van der Waals surface area contributed by atoms with Crippen molar-refractivity contribution in [1.29, 1.82) is 0 Å². The van der Waals surface area contributed by atoms with Gasteiger partial charge in [-0.1, -0.05) is 38.1 Å². The highest BCUT2D eigenvalue weighted by atomic mass is 15.2. The minimum absolute atomic E-state index is 0.647. The monoisotopic (exact) mass is 282 g/mol. The summed E-state index contributed by atoms with van der Waals surface area (Å²) >= 11 is 0. The number of fused-ring (bicyclic) bond motifs is 1. The van der Waals surface area contributed by atoms with E-state index >= 15 is 0 Å². The molecule has 0 saturated heterocycles. The molecule has 0 fully saturated rings. The van der Waals surface area contributed by atoms with Gasteiger partial charge in [-0.05, 0) is 23.6 Å². The first-order chi connectivity index (χ1) is 10.2. The fraction of sp³-hybridized carbons (Fsp3) is 0.412. The second-order valence-electron chi connectivity index (χ2n) is 6.02. The maximum atomic E-state index is 4.74. The lowest BCUT2D eigenvalue weighted by Gasteiger charge is -2.17. The molecule has 4 heteroatoms. The Labute approximate surface area is 126 Å². The molecule has 1 aromatic heterocycles. The minimum Gasteiger partial charge on any atom is -0.347 e. The van der Waals surface area contributed by atoms with Gasteiger partial charge in [0.25, 0.3) is 0 Å². The van der Waals surface area contributed by atoms with Gasteiger partial charge in [0.15, 0.2) is 0 Å². The molecule has 0 unspecified atom stereocenters. The van der Waals surface area contributed by atoms with Gasteiger partial charge < -0.3 is 10.2 Å². The highest BCUT2D eigenvalue weighted by molar-refractivity contribution is 5.46. The van der Waals surface area contributed by atoms with Crippen LogP contribution in [0.4, 0.5) is 5.82 Å². The zero-order chi connectivity index (χ0) is 14.7. The quantitative estimate of drug-likeness (QED) is 0.915. The largest absolute Gasteiger partial charge is 0.347 e. The summed E-state index contributed by atoms with van der Waals surface area (Å²) in [5, 5.41) is 3.42. The van der Waals surface area contributed by atoms with E-state index in [1.165, 1.54) is 11.1 Å². The van der Waals surface area contributed by atoms with E-state index in [2.05, 4.69) is 53.3 Å². The number of hydrogen-bond donors (Lipinski definition) is 1. The second-order valence-corrected chi connectivity index (χ2v) is 6.02. The first-order valence-electron chi connectivity index (χ1n) is 7.56. The van der Waals surface area contributed by atoms with E-state index in [9.17, 15) is 0 Å². The topological polar surface area (TPSA) is 41.1 Å². The molecule has 0 radical (unpaired) electrons. The molecule has 21 heavy (non-hydrogen) atoms. The number of hydrogen-bond acceptors (Lipinski definition) is 4. The van der Waals surface area contributed by atoms with Crippen molar-refractivity contribution >= 4 is 5.82 Å². The van der Waals surface area contributed by atoms with Gasteiger partial charge in [-0.3, -0.25) is 4.98 Å². The summed E-state index contributed by atoms with van der Waals surface area (Å²) in [6.45, 7) is 8.04. The van der Waals surface area contributed by atoms with Crippen LogP contribution in [0.5, 0.6) is 0 Å². The number of nitrogens with zero attached hydrogens (tertiary/aromatic N) is 3. The van der Waals surface area contributed by atoms with Gasteiger partial charge in [0.2, 0.25) is 0 Å². The van der Waals surface area contributed by atoms with Crippen LogP contribution in [-0.2, 0) is 19.6 Å². The van der Waals surface area contributed by atoms with Crippen LogP contribution in [0, 0.1) is 5.92 Å². The maximum absolute atomic E-state index is 4.74. The second kappa shape index (κ2) is 6.22. The summed E-state index contributed by atoms with van der Waals surface area (Å²) in [5.74, 6) is 1.62. The molecule has 3 rings (SSSR count). The van der Waals surface area contributed by atoms with Gasteiger partial charge in [-0.2, -0.15) is 0 Å². The van der Waals surface area contributed by atoms with Crippen molar-refractivity contribution in [2.45, 2.75) is 33.5 Å². The Kier molecular flexibility index (Phi) is 4.15. The molecule has 2 heterocycles. The van der Waals surface area contributed by atoms with E-state index in [1.54, 1.807) is 0 Å². The van der Waals surface area contributed by atoms with Crippen molar-refractivity contribution in [2.24, 2.45) is 5.92 Å². The summed E-state index contributed by atoms with van der Waals surface area (Å²) in [5.41, 5.74) is 3.79. The highest BCUT2D eigenvalue weighted by Gasteiger charge is 2.19. The van der Waals surface area contributed by atoms with E-state index < -0.39 is 0 Å². The van der Waals surface area contributed by atoms with Crippen LogP contribution < -0.4 is 10.2 Å². The average molecular weight is 282 g/mol. The fourth-order valence-corrected chi connectivity index (χ4v) is 2.62. The number of aromatic nitrogens is 2. The Balaban J connectivity index is 1.67. The van der Waals surface area contributed by atoms with E-state index in [0.717, 1.165) is 37.7 Å². The summed E-state index contributed by atoms with van der Waals surface area (Å²) < 4.78 is 0. The van der Waals surface area contributed by atoms with Gasteiger partial charge in [0, 0.05) is 25.8 Å². The van der Waals surface area contributed by atoms with Gasteiger partial charge >= 0.3 is 0 Å². The third kappa shape index (κ3) is 3.39. The number of anilines is 1. The van der Waals surface area contributed by atoms with Crippen LogP contribution in [-0.4, -0.2) is 16.5 Å². The Morgan fingerprint density at radius 1 is 1.14 bits per heavy atom. The first-order valence-corrected chi connectivity index (χ1v) is 7.56. The molecule has 0 bridgehead atoms. The Morgan fingerprint density at radius 3 is 2.52 bits per heavy atom. The molecule has 1 aliphatic rings. The van der Waals surface area contributed by atoms with E-state index in [-0.39, 0.29) is 0 Å². The third-order valence-electron chi connectivity index (χ3n) is 3.70. The van der Waals surface area contributed by atoms with E-state index in [4.69, 9.17) is 4.98 Å². The van der Waals surface area contributed by atoms with Crippen molar-refractivity contribution in [3.63, 3.8) is 0 Å². The van der Waals surface area contributed by atoms with Crippen LogP contribution in [0.3, 0.4) is 0 Å². The van der Waals surface area contributed by atoms with Gasteiger partial charge in [-0.15, -0.1) is 0 Å². The summed E-state index contributed by atoms with van der Waals surface area (Å²) in [4.78, 5) is 11.4. The standard InChI is InChI=1S/C17H22N4/c1-13(2)7-18-8-16-9-19-10-17(20-16)21-11-14-5-3-4-6-15(14)12-21/h3-6,9-10,13,18H,7-8,11-12H2,1-2H3. The third-order valence-corrected chi connectivity index (χ3v) is 3.70. The van der Waals surface area contributed by atoms with Crippen molar-refractivity contribution < 1.29 is 0 Å². The molecule has 110 valence electrons. The predicted molar refractivity (Wildman–Crippen MR) is 84.9 cm³/mol. The molecule has 4 nitrogen and oxygen atoms in total. The van der Waals surface area contributed by atoms with E-state index in [1.807, 2.05) is 12.4 Å². The zero-order valence-corrected chi connectivity index (χ0v) is 12.7. The number of benzene rings is 1. The Bertz CT molecular complexity index is 584. The first kappa shape index (κ1) is 14.0. The van der Waals surface area contributed by atoms with Gasteiger partial charge in [0.05, 0.1) is 11.9 Å². The van der Waals surface area contributed by atoms with Crippen molar-refractivity contribution in [3.05, 3.63) is 53.5 Å². The molecular weight excluding hydrogens is 260 g/mol. The number of nitrogens with one attached hydrogen (secondary N) is 1. The van der Waals surface area contributed by atoms with Crippen LogP contribution in [0.25, 0.3) is 0 Å². The van der Waals surface area contributed by atoms with Crippen LogP contribution in [0.15, 0.2) is 36.7 Å². The molecule has 0 saturated carbocycles. The summed E-state index contributed by atoms with van der Waals surface area (Å²) in [6.07, 6.45) is 3.71. The van der Waals surface area contributed by atoms with Crippen molar-refractivity contribution in [1.82, 2.24) is 15.3 Å². The molecule has 0 spiro atoms. The summed E-state index contributed by atoms with van der Waals surface area (Å²) in [7, 11) is 0. The van der Waals surface area contributed by atoms with E-state index in [0.29, 0.717) is 5.92 Å². The SMILES string of the molecule is CC(C)CNCc1cncc(N2Cc3ccccc3C2)n1. The smallest absolute Gasteiger partial charge is 0.148 e. The van der Waals surface area contributed by atoms with Crippen molar-refractivity contribution in [3.8, 4) is 0 Å². The molecule has 0 atom stereocenters.